The van der Waals surface area contributed by atoms with Gasteiger partial charge in [-0.1, -0.05) is 0 Å². The van der Waals surface area contributed by atoms with E-state index in [4.69, 9.17) is 9.47 Å². The predicted molar refractivity (Wildman–Crippen MR) is 79.8 cm³/mol. The van der Waals surface area contributed by atoms with E-state index in [9.17, 15) is 14.7 Å². The Morgan fingerprint density at radius 3 is 2.22 bits per heavy atom. The normalized spacial score (nSPS) is 10.0. The maximum absolute atomic E-state index is 12.1. The van der Waals surface area contributed by atoms with Crippen LogP contribution in [-0.4, -0.2) is 18.7 Å². The molecule has 0 radical (unpaired) electrons. The summed E-state index contributed by atoms with van der Waals surface area (Å²) in [6, 6.07) is 10.9. The van der Waals surface area contributed by atoms with Gasteiger partial charge >= 0.3 is 5.97 Å². The standard InChI is InChI=1S/C17H16O6/c1-3-21-13-5-7-14(8-6-13)22-16(18)12-4-9-15(11(2)10-12)23-17(19)20/h4-10H,3H2,1-2H3,(H,19,20)/p-1. The van der Waals surface area contributed by atoms with E-state index in [-0.39, 0.29) is 11.3 Å². The van der Waals surface area contributed by atoms with Crippen LogP contribution in [0, 0.1) is 6.92 Å². The van der Waals surface area contributed by atoms with E-state index in [2.05, 4.69) is 4.74 Å². The molecule has 0 saturated carbocycles. The zero-order valence-electron chi connectivity index (χ0n) is 12.7. The van der Waals surface area contributed by atoms with Crippen LogP contribution in [0.3, 0.4) is 0 Å². The molecule has 0 fully saturated rings. The fraction of sp³-hybridized carbons (Fsp3) is 0.176. The van der Waals surface area contributed by atoms with Gasteiger partial charge in [-0.3, -0.25) is 0 Å². The average molecular weight is 315 g/mol. The fourth-order valence-electron chi connectivity index (χ4n) is 1.92. The number of benzene rings is 2. The SMILES string of the molecule is CCOc1ccc(OC(=O)c2ccc(OC(=O)[O-])c(C)c2)cc1. The molecule has 0 spiro atoms. The van der Waals surface area contributed by atoms with Crippen LogP contribution in [0.15, 0.2) is 42.5 Å². The van der Waals surface area contributed by atoms with Crippen molar-refractivity contribution in [3.63, 3.8) is 0 Å². The summed E-state index contributed by atoms with van der Waals surface area (Å²) in [5.41, 5.74) is 0.762. The molecule has 6 nitrogen and oxygen atoms in total. The first kappa shape index (κ1) is 16.4. The first-order chi connectivity index (χ1) is 11.0. The quantitative estimate of drug-likeness (QED) is 0.478. The zero-order valence-corrected chi connectivity index (χ0v) is 12.7. The molecule has 0 amide bonds. The van der Waals surface area contributed by atoms with Crippen molar-refractivity contribution in [2.45, 2.75) is 13.8 Å². The van der Waals surface area contributed by atoms with Crippen LogP contribution < -0.4 is 19.3 Å². The van der Waals surface area contributed by atoms with Crippen molar-refractivity contribution in [3.05, 3.63) is 53.6 Å². The molecule has 23 heavy (non-hydrogen) atoms. The van der Waals surface area contributed by atoms with Crippen LogP contribution in [0.2, 0.25) is 0 Å². The average Bonchev–Trinajstić information content (AvgIpc) is 2.51. The van der Waals surface area contributed by atoms with Gasteiger partial charge < -0.3 is 24.1 Å². The van der Waals surface area contributed by atoms with E-state index in [1.807, 2.05) is 6.92 Å². The number of carbonyl (C=O) groups excluding carboxylic acids is 2. The number of hydrogen-bond acceptors (Lipinski definition) is 6. The van der Waals surface area contributed by atoms with E-state index in [1.165, 1.54) is 18.2 Å². The van der Waals surface area contributed by atoms with Crippen molar-refractivity contribution in [1.29, 1.82) is 0 Å². The molecule has 6 heteroatoms. The lowest BCUT2D eigenvalue weighted by atomic mass is 10.1. The number of esters is 1. The summed E-state index contributed by atoms with van der Waals surface area (Å²) >= 11 is 0. The monoisotopic (exact) mass is 315 g/mol. The maximum atomic E-state index is 12.1. The van der Waals surface area contributed by atoms with Crippen molar-refractivity contribution in [3.8, 4) is 17.2 Å². The van der Waals surface area contributed by atoms with Crippen molar-refractivity contribution in [2.75, 3.05) is 6.61 Å². The molecule has 0 saturated heterocycles. The van der Waals surface area contributed by atoms with Crippen LogP contribution in [-0.2, 0) is 0 Å². The topological polar surface area (TPSA) is 84.9 Å². The second-order valence-corrected chi connectivity index (χ2v) is 4.63. The van der Waals surface area contributed by atoms with Gasteiger partial charge in [-0.25, -0.2) is 4.79 Å². The van der Waals surface area contributed by atoms with Crippen LogP contribution in [0.25, 0.3) is 0 Å². The molecule has 0 bridgehead atoms. The Hall–Kier alpha value is -3.02. The minimum atomic E-state index is -1.65. The van der Waals surface area contributed by atoms with Crippen molar-refractivity contribution in [2.24, 2.45) is 0 Å². The molecule has 0 heterocycles. The largest absolute Gasteiger partial charge is 0.514 e. The lowest BCUT2D eigenvalue weighted by Gasteiger charge is -2.12. The van der Waals surface area contributed by atoms with Gasteiger partial charge in [0.25, 0.3) is 6.16 Å². The Kier molecular flexibility index (Phi) is 5.19. The minimum absolute atomic E-state index is 0.114. The van der Waals surface area contributed by atoms with Crippen molar-refractivity contribution in [1.82, 2.24) is 0 Å². The molecule has 0 unspecified atom stereocenters. The Labute approximate surface area is 133 Å². The van der Waals surface area contributed by atoms with Gasteiger partial charge in [-0.05, 0) is 61.9 Å². The second kappa shape index (κ2) is 7.31. The third-order valence-electron chi connectivity index (χ3n) is 2.95. The highest BCUT2D eigenvalue weighted by Crippen LogP contribution is 2.22. The van der Waals surface area contributed by atoms with Crippen LogP contribution in [0.1, 0.15) is 22.8 Å². The maximum Gasteiger partial charge on any atom is 0.343 e. The highest BCUT2D eigenvalue weighted by molar-refractivity contribution is 5.91. The predicted octanol–water partition coefficient (Wildman–Crippen LogP) is 2.34. The van der Waals surface area contributed by atoms with Crippen LogP contribution in [0.4, 0.5) is 4.79 Å². The van der Waals surface area contributed by atoms with Crippen LogP contribution >= 0.6 is 0 Å². The number of ether oxygens (including phenoxy) is 3. The molecular formula is C17H15O6-. The summed E-state index contributed by atoms with van der Waals surface area (Å²) in [5, 5.41) is 10.4. The van der Waals surface area contributed by atoms with Crippen LogP contribution in [0.5, 0.6) is 17.2 Å². The van der Waals surface area contributed by atoms with E-state index < -0.39 is 12.1 Å². The van der Waals surface area contributed by atoms with Gasteiger partial charge in [0.2, 0.25) is 0 Å². The number of carboxylic acid groups (broad SMARTS) is 1. The van der Waals surface area contributed by atoms with Gasteiger partial charge in [0, 0.05) is 0 Å². The summed E-state index contributed by atoms with van der Waals surface area (Å²) in [6.45, 7) is 4.05. The van der Waals surface area contributed by atoms with E-state index in [0.717, 1.165) is 0 Å². The zero-order chi connectivity index (χ0) is 16.8. The highest BCUT2D eigenvalue weighted by atomic mass is 16.7. The Morgan fingerprint density at radius 1 is 1.00 bits per heavy atom. The summed E-state index contributed by atoms with van der Waals surface area (Å²) in [4.78, 5) is 22.5. The molecular weight excluding hydrogens is 300 g/mol. The van der Waals surface area contributed by atoms with Gasteiger partial charge in [0.15, 0.2) is 0 Å². The summed E-state index contributed by atoms with van der Waals surface area (Å²) < 4.78 is 15.0. The molecule has 120 valence electrons. The Balaban J connectivity index is 2.08. The molecule has 0 N–H and O–H groups in total. The summed E-state index contributed by atoms with van der Waals surface area (Å²) in [6.07, 6.45) is -1.65. The fourth-order valence-corrected chi connectivity index (χ4v) is 1.92. The molecule has 0 aromatic heterocycles. The second-order valence-electron chi connectivity index (χ2n) is 4.63. The molecule has 0 atom stereocenters. The summed E-state index contributed by atoms with van der Waals surface area (Å²) in [5.74, 6) is 0.623. The Morgan fingerprint density at radius 2 is 1.65 bits per heavy atom. The van der Waals surface area contributed by atoms with E-state index in [1.54, 1.807) is 31.2 Å². The lowest BCUT2D eigenvalue weighted by molar-refractivity contribution is -0.271. The third kappa shape index (κ3) is 4.47. The molecule has 2 rings (SSSR count). The van der Waals surface area contributed by atoms with Gasteiger partial charge in [0.1, 0.15) is 11.5 Å². The first-order valence-corrected chi connectivity index (χ1v) is 6.94. The summed E-state index contributed by atoms with van der Waals surface area (Å²) in [7, 11) is 0. The third-order valence-corrected chi connectivity index (χ3v) is 2.95. The van der Waals surface area contributed by atoms with E-state index >= 15 is 0 Å². The smallest absolute Gasteiger partial charge is 0.343 e. The molecule has 2 aromatic carbocycles. The lowest BCUT2D eigenvalue weighted by Crippen LogP contribution is -2.26. The van der Waals surface area contributed by atoms with Gasteiger partial charge in [-0.15, -0.1) is 0 Å². The molecule has 0 aliphatic heterocycles. The Bertz CT molecular complexity index is 706. The van der Waals surface area contributed by atoms with Gasteiger partial charge in [0.05, 0.1) is 17.9 Å². The number of aryl methyl sites for hydroxylation is 1. The van der Waals surface area contributed by atoms with Crippen molar-refractivity contribution < 1.29 is 28.9 Å². The molecule has 0 aliphatic rings. The molecule has 0 aliphatic carbocycles. The van der Waals surface area contributed by atoms with E-state index in [0.29, 0.717) is 23.7 Å². The molecule has 2 aromatic rings. The number of rotatable bonds is 5. The number of carbonyl (C=O) groups is 2. The number of hydrogen-bond donors (Lipinski definition) is 0. The highest BCUT2D eigenvalue weighted by Gasteiger charge is 2.10. The first-order valence-electron chi connectivity index (χ1n) is 6.94. The minimum Gasteiger partial charge on any atom is -0.514 e. The van der Waals surface area contributed by atoms with Gasteiger partial charge in [-0.2, -0.15) is 0 Å². The van der Waals surface area contributed by atoms with Crippen molar-refractivity contribution >= 4 is 12.1 Å².